The first-order valence-electron chi connectivity index (χ1n) is 9.02. The first kappa shape index (κ1) is 15.4. The Balaban J connectivity index is 1.49. The van der Waals surface area contributed by atoms with E-state index in [1.807, 2.05) is 48.2 Å². The largest absolute Gasteiger partial charge is 0.360 e. The van der Waals surface area contributed by atoms with Gasteiger partial charge in [-0.05, 0) is 44.0 Å². The molecule has 1 aromatic heterocycles. The van der Waals surface area contributed by atoms with Gasteiger partial charge >= 0.3 is 0 Å². The Hall–Kier alpha value is -2.89. The van der Waals surface area contributed by atoms with E-state index in [2.05, 4.69) is 15.6 Å². The summed E-state index contributed by atoms with van der Waals surface area (Å²) in [5.74, 6) is -0.0758. The molecular weight excluding hydrogens is 328 g/mol. The van der Waals surface area contributed by atoms with Gasteiger partial charge in [-0.1, -0.05) is 12.1 Å². The van der Waals surface area contributed by atoms with Crippen LogP contribution in [0.2, 0.25) is 0 Å². The molecular formula is C20H20N4O2. The van der Waals surface area contributed by atoms with Crippen LogP contribution in [0.1, 0.15) is 45.7 Å². The van der Waals surface area contributed by atoms with Gasteiger partial charge in [0, 0.05) is 30.0 Å². The van der Waals surface area contributed by atoms with Crippen molar-refractivity contribution < 1.29 is 9.59 Å². The number of amides is 2. The van der Waals surface area contributed by atoms with Crippen molar-refractivity contribution in [3.63, 3.8) is 0 Å². The predicted octanol–water partition coefficient (Wildman–Crippen LogP) is 2.32. The topological polar surface area (TPSA) is 74.3 Å². The van der Waals surface area contributed by atoms with Gasteiger partial charge < -0.3 is 15.5 Å². The lowest BCUT2D eigenvalue weighted by Crippen LogP contribution is -2.64. The Morgan fingerprint density at radius 3 is 2.85 bits per heavy atom. The molecule has 1 spiro atoms. The Morgan fingerprint density at radius 1 is 1.19 bits per heavy atom. The number of aryl methyl sites for hydroxylation is 1. The number of pyridine rings is 1. The van der Waals surface area contributed by atoms with Crippen LogP contribution in [0.25, 0.3) is 0 Å². The van der Waals surface area contributed by atoms with Gasteiger partial charge in [0.25, 0.3) is 11.8 Å². The van der Waals surface area contributed by atoms with Crippen LogP contribution in [-0.4, -0.2) is 39.4 Å². The van der Waals surface area contributed by atoms with Crippen LogP contribution in [0.15, 0.2) is 42.6 Å². The van der Waals surface area contributed by atoms with Crippen molar-refractivity contribution in [2.24, 2.45) is 0 Å². The number of carbonyl (C=O) groups excluding carboxylic acids is 2. The Labute approximate surface area is 151 Å². The number of aromatic nitrogens is 1. The molecule has 26 heavy (non-hydrogen) atoms. The maximum absolute atomic E-state index is 13.1. The zero-order valence-corrected chi connectivity index (χ0v) is 14.5. The van der Waals surface area contributed by atoms with Crippen molar-refractivity contribution >= 4 is 17.5 Å². The van der Waals surface area contributed by atoms with E-state index in [1.54, 1.807) is 6.20 Å². The number of hydrogen-bond donors (Lipinski definition) is 2. The van der Waals surface area contributed by atoms with Crippen LogP contribution in [0, 0.1) is 6.92 Å². The number of fused-ring (bicyclic) bond motifs is 4. The van der Waals surface area contributed by atoms with E-state index in [1.165, 1.54) is 0 Å². The zero-order valence-electron chi connectivity index (χ0n) is 14.5. The molecule has 132 valence electrons. The first-order valence-corrected chi connectivity index (χ1v) is 9.02. The molecule has 2 N–H and O–H groups in total. The summed E-state index contributed by atoms with van der Waals surface area (Å²) < 4.78 is 0. The van der Waals surface area contributed by atoms with Crippen molar-refractivity contribution in [2.45, 2.75) is 43.9 Å². The highest BCUT2D eigenvalue weighted by Crippen LogP contribution is 2.47. The fourth-order valence-corrected chi connectivity index (χ4v) is 4.73. The van der Waals surface area contributed by atoms with Crippen LogP contribution < -0.4 is 10.6 Å². The lowest BCUT2D eigenvalue weighted by atomic mass is 9.86. The second-order valence-electron chi connectivity index (χ2n) is 7.45. The summed E-state index contributed by atoms with van der Waals surface area (Å²) in [6.45, 7) is 1.90. The predicted molar refractivity (Wildman–Crippen MR) is 96.8 cm³/mol. The fourth-order valence-electron chi connectivity index (χ4n) is 4.73. The molecule has 2 amide bonds. The summed E-state index contributed by atoms with van der Waals surface area (Å²) in [6.07, 6.45) is 4.22. The summed E-state index contributed by atoms with van der Waals surface area (Å²) in [5.41, 5.74) is 2.41. The summed E-state index contributed by atoms with van der Waals surface area (Å²) in [4.78, 5) is 32.0. The van der Waals surface area contributed by atoms with Gasteiger partial charge in [-0.3, -0.25) is 14.6 Å². The molecule has 3 unspecified atom stereocenters. The molecule has 1 aromatic carbocycles. The van der Waals surface area contributed by atoms with Crippen molar-refractivity contribution in [1.82, 2.24) is 15.2 Å². The monoisotopic (exact) mass is 348 g/mol. The molecule has 3 aliphatic heterocycles. The standard InChI is InChI=1S/C20H20N4O2/c1-12-6-7-13(11-21-12)19(26)24-14-8-9-17(24)20(10-14)22-16-5-3-2-4-15(16)18(25)23-20/h2-7,11,14,17,22H,8-10H2,1H3,(H,23,25). The minimum atomic E-state index is -0.581. The van der Waals surface area contributed by atoms with Crippen LogP contribution in [0.4, 0.5) is 5.69 Å². The minimum Gasteiger partial charge on any atom is -0.360 e. The normalized spacial score (nSPS) is 28.7. The van der Waals surface area contributed by atoms with Crippen LogP contribution in [-0.2, 0) is 0 Å². The average Bonchev–Trinajstić information content (AvgIpc) is 3.17. The van der Waals surface area contributed by atoms with Gasteiger partial charge in [0.2, 0.25) is 0 Å². The first-order chi connectivity index (χ1) is 12.6. The highest BCUT2D eigenvalue weighted by molar-refractivity contribution is 6.02. The third-order valence-corrected chi connectivity index (χ3v) is 5.89. The third kappa shape index (κ3) is 2.08. The summed E-state index contributed by atoms with van der Waals surface area (Å²) in [7, 11) is 0. The lowest BCUT2D eigenvalue weighted by Gasteiger charge is -2.43. The number of hydrogen-bond acceptors (Lipinski definition) is 4. The molecule has 6 nitrogen and oxygen atoms in total. The molecule has 0 radical (unpaired) electrons. The zero-order chi connectivity index (χ0) is 17.9. The molecule has 2 bridgehead atoms. The summed E-state index contributed by atoms with van der Waals surface area (Å²) >= 11 is 0. The Bertz CT molecular complexity index is 910. The molecule has 5 rings (SSSR count). The second-order valence-corrected chi connectivity index (χ2v) is 7.45. The fraction of sp³-hybridized carbons (Fsp3) is 0.350. The number of nitrogens with one attached hydrogen (secondary N) is 2. The van der Waals surface area contributed by atoms with Gasteiger partial charge in [-0.15, -0.1) is 0 Å². The van der Waals surface area contributed by atoms with Crippen molar-refractivity contribution in [1.29, 1.82) is 0 Å². The number of nitrogens with zero attached hydrogens (tertiary/aromatic N) is 2. The van der Waals surface area contributed by atoms with E-state index in [-0.39, 0.29) is 23.9 Å². The number of para-hydroxylation sites is 1. The second kappa shape index (κ2) is 5.30. The van der Waals surface area contributed by atoms with Crippen molar-refractivity contribution in [3.8, 4) is 0 Å². The van der Waals surface area contributed by atoms with Crippen LogP contribution in [0.3, 0.4) is 0 Å². The quantitative estimate of drug-likeness (QED) is 0.829. The van der Waals surface area contributed by atoms with Crippen LogP contribution >= 0.6 is 0 Å². The Morgan fingerprint density at radius 2 is 2.04 bits per heavy atom. The summed E-state index contributed by atoms with van der Waals surface area (Å²) in [5, 5.41) is 6.70. The number of carbonyl (C=O) groups is 2. The SMILES string of the molecule is Cc1ccc(C(=O)N2C3CCC2C2(C3)NC(=O)c3ccccc3N2)cn1. The van der Waals surface area contributed by atoms with Crippen molar-refractivity contribution in [3.05, 3.63) is 59.4 Å². The maximum atomic E-state index is 13.1. The molecule has 2 aromatic rings. The van der Waals surface area contributed by atoms with Gasteiger partial charge in [0.15, 0.2) is 0 Å². The smallest absolute Gasteiger partial charge is 0.256 e. The van der Waals surface area contributed by atoms with E-state index in [0.717, 1.165) is 30.6 Å². The number of rotatable bonds is 1. The molecule has 0 saturated carbocycles. The van der Waals surface area contributed by atoms with Crippen LogP contribution in [0.5, 0.6) is 0 Å². The van der Waals surface area contributed by atoms with Gasteiger partial charge in [0.1, 0.15) is 5.66 Å². The molecule has 6 heteroatoms. The van der Waals surface area contributed by atoms with Crippen molar-refractivity contribution in [2.75, 3.05) is 5.32 Å². The minimum absolute atomic E-state index is 0.00298. The highest BCUT2D eigenvalue weighted by atomic mass is 16.2. The Kier molecular flexibility index (Phi) is 3.13. The summed E-state index contributed by atoms with van der Waals surface area (Å²) in [6, 6.07) is 11.3. The average molecular weight is 348 g/mol. The lowest BCUT2D eigenvalue weighted by molar-refractivity contribution is 0.0691. The molecule has 4 heterocycles. The molecule has 3 aliphatic rings. The van der Waals surface area contributed by atoms with E-state index in [9.17, 15) is 9.59 Å². The van der Waals surface area contributed by atoms with E-state index in [4.69, 9.17) is 0 Å². The van der Waals surface area contributed by atoms with E-state index < -0.39 is 5.66 Å². The van der Waals surface area contributed by atoms with E-state index >= 15 is 0 Å². The van der Waals surface area contributed by atoms with Gasteiger partial charge in [-0.25, -0.2) is 0 Å². The van der Waals surface area contributed by atoms with Gasteiger partial charge in [0.05, 0.1) is 17.2 Å². The third-order valence-electron chi connectivity index (χ3n) is 5.89. The molecule has 2 fully saturated rings. The molecule has 0 aliphatic carbocycles. The van der Waals surface area contributed by atoms with E-state index in [0.29, 0.717) is 11.1 Å². The molecule has 3 atom stereocenters. The highest BCUT2D eigenvalue weighted by Gasteiger charge is 2.59. The number of anilines is 1. The number of benzene rings is 1. The van der Waals surface area contributed by atoms with Gasteiger partial charge in [-0.2, -0.15) is 0 Å². The maximum Gasteiger partial charge on any atom is 0.256 e. The molecule has 2 saturated heterocycles.